The highest BCUT2D eigenvalue weighted by atomic mass is 16.5. The number of aromatic nitrogens is 4. The van der Waals surface area contributed by atoms with Crippen LogP contribution in [0.5, 0.6) is 0 Å². The molecule has 3 heterocycles. The topological polar surface area (TPSA) is 56.9 Å². The molecule has 0 amide bonds. The Labute approximate surface area is 153 Å². The third kappa shape index (κ3) is 3.71. The molecule has 0 saturated carbocycles. The summed E-state index contributed by atoms with van der Waals surface area (Å²) in [6.07, 6.45) is 11.6. The Morgan fingerprint density at radius 2 is 1.96 bits per heavy atom. The van der Waals surface area contributed by atoms with Crippen molar-refractivity contribution < 1.29 is 4.74 Å². The smallest absolute Gasteiger partial charge is 0.125 e. The lowest BCUT2D eigenvalue weighted by Crippen LogP contribution is -2.33. The van der Waals surface area contributed by atoms with Crippen molar-refractivity contribution in [1.29, 1.82) is 0 Å². The lowest BCUT2D eigenvalue weighted by atomic mass is 9.91. The molecule has 0 spiro atoms. The van der Waals surface area contributed by atoms with Crippen LogP contribution in [0.2, 0.25) is 0 Å². The van der Waals surface area contributed by atoms with Crippen LogP contribution >= 0.6 is 0 Å². The van der Waals surface area contributed by atoms with Crippen LogP contribution in [0.1, 0.15) is 30.3 Å². The van der Waals surface area contributed by atoms with E-state index in [1.807, 2.05) is 29.5 Å². The normalized spacial score (nSPS) is 16.7. The molecule has 6 nitrogen and oxygen atoms in total. The molecule has 1 atom stereocenters. The maximum atomic E-state index is 5.55. The predicted molar refractivity (Wildman–Crippen MR) is 99.9 cm³/mol. The summed E-state index contributed by atoms with van der Waals surface area (Å²) in [7, 11) is 2.07. The first kappa shape index (κ1) is 17.0. The summed E-state index contributed by atoms with van der Waals surface area (Å²) >= 11 is 0. The van der Waals surface area contributed by atoms with Crippen LogP contribution in [0, 0.1) is 5.92 Å². The van der Waals surface area contributed by atoms with Gasteiger partial charge in [-0.15, -0.1) is 0 Å². The standard InChI is InChI=1S/C20H25N5O/c1-24-10-9-22-20(24)19(17-6-12-26-13-7-17)23-14-16-2-4-18(5-3-16)25-11-8-21-15-25/h2-5,8-11,15,17,19,23H,6-7,12-14H2,1H3/t19-/m0/s1. The van der Waals surface area contributed by atoms with Gasteiger partial charge in [0.15, 0.2) is 0 Å². The molecule has 1 saturated heterocycles. The lowest BCUT2D eigenvalue weighted by Gasteiger charge is -2.30. The van der Waals surface area contributed by atoms with Crippen molar-refractivity contribution in [2.24, 2.45) is 13.0 Å². The van der Waals surface area contributed by atoms with Gasteiger partial charge in [-0.1, -0.05) is 12.1 Å². The maximum Gasteiger partial charge on any atom is 0.125 e. The van der Waals surface area contributed by atoms with E-state index in [4.69, 9.17) is 4.74 Å². The molecule has 0 unspecified atom stereocenters. The van der Waals surface area contributed by atoms with Crippen molar-refractivity contribution >= 4 is 0 Å². The number of nitrogens with one attached hydrogen (secondary N) is 1. The number of ether oxygens (including phenoxy) is 1. The second-order valence-corrected chi connectivity index (χ2v) is 6.84. The van der Waals surface area contributed by atoms with Crippen molar-refractivity contribution in [3.63, 3.8) is 0 Å². The molecule has 2 aromatic heterocycles. The van der Waals surface area contributed by atoms with Crippen LogP contribution in [0.3, 0.4) is 0 Å². The number of benzene rings is 1. The average molecular weight is 351 g/mol. The Kier molecular flexibility index (Phi) is 5.13. The number of imidazole rings is 2. The molecule has 1 N–H and O–H groups in total. The van der Waals surface area contributed by atoms with Crippen LogP contribution in [0.15, 0.2) is 55.4 Å². The lowest BCUT2D eigenvalue weighted by molar-refractivity contribution is 0.0518. The van der Waals surface area contributed by atoms with Gasteiger partial charge >= 0.3 is 0 Å². The van der Waals surface area contributed by atoms with Crippen molar-refractivity contribution in [2.45, 2.75) is 25.4 Å². The third-order valence-corrected chi connectivity index (χ3v) is 5.14. The van der Waals surface area contributed by atoms with E-state index in [0.29, 0.717) is 5.92 Å². The summed E-state index contributed by atoms with van der Waals surface area (Å²) in [6.45, 7) is 2.50. The predicted octanol–water partition coefficient (Wildman–Crippen LogP) is 2.86. The van der Waals surface area contributed by atoms with Gasteiger partial charge in [0.05, 0.1) is 12.4 Å². The highest BCUT2D eigenvalue weighted by Crippen LogP contribution is 2.29. The zero-order valence-electron chi connectivity index (χ0n) is 15.1. The summed E-state index contributed by atoms with van der Waals surface area (Å²) in [5.74, 6) is 1.65. The van der Waals surface area contributed by atoms with Crippen LogP contribution < -0.4 is 5.32 Å². The number of hydrogen-bond acceptors (Lipinski definition) is 4. The molecule has 1 fully saturated rings. The number of rotatable bonds is 6. The van der Waals surface area contributed by atoms with E-state index < -0.39 is 0 Å². The average Bonchev–Trinajstić information content (AvgIpc) is 3.36. The van der Waals surface area contributed by atoms with Gasteiger partial charge < -0.3 is 19.2 Å². The first-order valence-corrected chi connectivity index (χ1v) is 9.17. The molecule has 136 valence electrons. The molecule has 1 aliphatic heterocycles. The maximum absolute atomic E-state index is 5.55. The first-order valence-electron chi connectivity index (χ1n) is 9.17. The second-order valence-electron chi connectivity index (χ2n) is 6.84. The van der Waals surface area contributed by atoms with Crippen LogP contribution in [0.25, 0.3) is 5.69 Å². The fraction of sp³-hybridized carbons (Fsp3) is 0.400. The van der Waals surface area contributed by atoms with E-state index in [1.54, 1.807) is 6.20 Å². The van der Waals surface area contributed by atoms with E-state index in [1.165, 1.54) is 5.56 Å². The quantitative estimate of drug-likeness (QED) is 0.742. The van der Waals surface area contributed by atoms with Crippen molar-refractivity contribution in [1.82, 2.24) is 24.4 Å². The highest BCUT2D eigenvalue weighted by Gasteiger charge is 2.27. The summed E-state index contributed by atoms with van der Waals surface area (Å²) in [4.78, 5) is 8.70. The second kappa shape index (κ2) is 7.85. The Balaban J connectivity index is 1.46. The fourth-order valence-corrected chi connectivity index (χ4v) is 3.62. The number of aryl methyl sites for hydroxylation is 1. The van der Waals surface area contributed by atoms with Crippen LogP contribution in [-0.2, 0) is 18.3 Å². The minimum absolute atomic E-state index is 0.243. The molecule has 26 heavy (non-hydrogen) atoms. The number of nitrogens with zero attached hydrogens (tertiary/aromatic N) is 4. The van der Waals surface area contributed by atoms with Crippen molar-refractivity contribution in [3.05, 3.63) is 66.8 Å². The third-order valence-electron chi connectivity index (χ3n) is 5.14. The van der Waals surface area contributed by atoms with Gasteiger partial charge in [0, 0.05) is 57.3 Å². The van der Waals surface area contributed by atoms with E-state index >= 15 is 0 Å². The molecular formula is C20H25N5O. The number of hydrogen-bond donors (Lipinski definition) is 1. The fourth-order valence-electron chi connectivity index (χ4n) is 3.62. The van der Waals surface area contributed by atoms with E-state index in [-0.39, 0.29) is 6.04 Å². The Bertz CT molecular complexity index is 803. The monoisotopic (exact) mass is 351 g/mol. The zero-order valence-corrected chi connectivity index (χ0v) is 15.1. The van der Waals surface area contributed by atoms with Gasteiger partial charge in [0.25, 0.3) is 0 Å². The largest absolute Gasteiger partial charge is 0.381 e. The van der Waals surface area contributed by atoms with Crippen LogP contribution in [-0.4, -0.2) is 32.3 Å². The van der Waals surface area contributed by atoms with Gasteiger partial charge in [0.1, 0.15) is 5.82 Å². The molecule has 3 aromatic rings. The first-order chi connectivity index (χ1) is 12.8. The highest BCUT2D eigenvalue weighted by molar-refractivity contribution is 5.34. The van der Waals surface area contributed by atoms with E-state index in [2.05, 4.69) is 51.2 Å². The summed E-state index contributed by atoms with van der Waals surface area (Å²) < 4.78 is 9.68. The molecule has 0 bridgehead atoms. The van der Waals surface area contributed by atoms with Crippen molar-refractivity contribution in [2.75, 3.05) is 13.2 Å². The minimum Gasteiger partial charge on any atom is -0.381 e. The van der Waals surface area contributed by atoms with Gasteiger partial charge in [-0.2, -0.15) is 0 Å². The molecule has 6 heteroatoms. The van der Waals surface area contributed by atoms with Gasteiger partial charge in [-0.3, -0.25) is 0 Å². The Morgan fingerprint density at radius 3 is 2.62 bits per heavy atom. The van der Waals surface area contributed by atoms with Crippen LogP contribution in [0.4, 0.5) is 0 Å². The Morgan fingerprint density at radius 1 is 1.15 bits per heavy atom. The van der Waals surface area contributed by atoms with E-state index in [9.17, 15) is 0 Å². The van der Waals surface area contributed by atoms with E-state index in [0.717, 1.165) is 44.1 Å². The summed E-state index contributed by atoms with van der Waals surface area (Å²) in [5.41, 5.74) is 2.39. The molecule has 4 rings (SSSR count). The van der Waals surface area contributed by atoms with Crippen molar-refractivity contribution in [3.8, 4) is 5.69 Å². The SMILES string of the molecule is Cn1ccnc1[C@@H](NCc1ccc(-n2ccnc2)cc1)C1CCOCC1. The van der Waals surface area contributed by atoms with Gasteiger partial charge in [-0.05, 0) is 36.5 Å². The molecule has 1 aromatic carbocycles. The van der Waals surface area contributed by atoms with Gasteiger partial charge in [-0.25, -0.2) is 9.97 Å². The van der Waals surface area contributed by atoms with Gasteiger partial charge in [0.2, 0.25) is 0 Å². The summed E-state index contributed by atoms with van der Waals surface area (Å²) in [5, 5.41) is 3.75. The molecule has 0 aliphatic carbocycles. The molecule has 0 radical (unpaired) electrons. The Hall–Kier alpha value is -2.44. The molecular weight excluding hydrogens is 326 g/mol. The summed E-state index contributed by atoms with van der Waals surface area (Å²) in [6, 6.07) is 8.84. The molecule has 1 aliphatic rings. The zero-order chi connectivity index (χ0) is 17.8. The minimum atomic E-state index is 0.243.